The number of rotatable bonds is 5. The van der Waals surface area contributed by atoms with Gasteiger partial charge in [-0.15, -0.1) is 0 Å². The van der Waals surface area contributed by atoms with Crippen molar-refractivity contribution in [1.29, 1.82) is 0 Å². The van der Waals surface area contributed by atoms with E-state index in [4.69, 9.17) is 9.47 Å². The topological polar surface area (TPSA) is 46.6 Å². The summed E-state index contributed by atoms with van der Waals surface area (Å²) in [7, 11) is 1.71. The molecular weight excluding hydrogens is 266 g/mol. The fraction of sp³-hybridized carbons (Fsp3) is 0.438. The number of morpholine rings is 1. The number of fused-ring (bicyclic) bond motifs is 1. The smallest absolute Gasteiger partial charge is 0.138 e. The summed E-state index contributed by atoms with van der Waals surface area (Å²) >= 11 is 0. The summed E-state index contributed by atoms with van der Waals surface area (Å²) in [6.07, 6.45) is 1.88. The van der Waals surface area contributed by atoms with Gasteiger partial charge in [-0.1, -0.05) is 12.1 Å². The summed E-state index contributed by atoms with van der Waals surface area (Å²) in [5.41, 5.74) is 1.11. The highest BCUT2D eigenvalue weighted by molar-refractivity contribution is 6.01. The van der Waals surface area contributed by atoms with Crippen LogP contribution in [-0.2, 0) is 9.47 Å². The van der Waals surface area contributed by atoms with Gasteiger partial charge in [0.1, 0.15) is 5.82 Å². The number of ether oxygens (including phenoxy) is 2. The molecule has 1 aliphatic rings. The van der Waals surface area contributed by atoms with Crippen molar-refractivity contribution in [1.82, 2.24) is 4.98 Å². The van der Waals surface area contributed by atoms with Crippen LogP contribution >= 0.6 is 0 Å². The van der Waals surface area contributed by atoms with E-state index in [1.165, 1.54) is 10.8 Å². The maximum Gasteiger partial charge on any atom is 0.138 e. The van der Waals surface area contributed by atoms with Gasteiger partial charge in [0, 0.05) is 44.0 Å². The molecule has 2 heterocycles. The van der Waals surface area contributed by atoms with Crippen molar-refractivity contribution in [3.63, 3.8) is 0 Å². The normalized spacial score (nSPS) is 15.4. The van der Waals surface area contributed by atoms with Gasteiger partial charge in [0.15, 0.2) is 0 Å². The Morgan fingerprint density at radius 3 is 2.95 bits per heavy atom. The number of methoxy groups -OCH3 is 1. The van der Waals surface area contributed by atoms with E-state index in [0.717, 1.165) is 44.4 Å². The molecule has 3 rings (SSSR count). The Labute approximate surface area is 124 Å². The number of hydrogen-bond acceptors (Lipinski definition) is 5. The van der Waals surface area contributed by atoms with Crippen molar-refractivity contribution >= 4 is 22.3 Å². The average molecular weight is 287 g/mol. The molecule has 0 bridgehead atoms. The third-order valence-corrected chi connectivity index (χ3v) is 3.70. The highest BCUT2D eigenvalue weighted by Crippen LogP contribution is 2.31. The van der Waals surface area contributed by atoms with Crippen LogP contribution in [0.15, 0.2) is 30.5 Å². The third-order valence-electron chi connectivity index (χ3n) is 3.70. The zero-order chi connectivity index (χ0) is 14.5. The van der Waals surface area contributed by atoms with E-state index in [1.54, 1.807) is 7.11 Å². The quantitative estimate of drug-likeness (QED) is 0.854. The molecule has 1 N–H and O–H groups in total. The molecule has 1 fully saturated rings. The molecule has 0 unspecified atom stereocenters. The molecule has 2 aromatic rings. The minimum Gasteiger partial charge on any atom is -0.383 e. The number of benzene rings is 1. The lowest BCUT2D eigenvalue weighted by Crippen LogP contribution is -2.36. The molecule has 1 saturated heterocycles. The van der Waals surface area contributed by atoms with E-state index in [9.17, 15) is 0 Å². The molecule has 5 heteroatoms. The Morgan fingerprint density at radius 1 is 1.29 bits per heavy atom. The summed E-state index contributed by atoms with van der Waals surface area (Å²) in [4.78, 5) is 6.92. The molecule has 0 aliphatic carbocycles. The van der Waals surface area contributed by atoms with Gasteiger partial charge in [-0.25, -0.2) is 4.98 Å². The number of anilines is 2. The molecule has 0 atom stereocenters. The fourth-order valence-electron chi connectivity index (χ4n) is 2.66. The lowest BCUT2D eigenvalue weighted by Gasteiger charge is -2.29. The summed E-state index contributed by atoms with van der Waals surface area (Å²) in [6, 6.07) is 8.35. The molecule has 1 aliphatic heterocycles. The largest absolute Gasteiger partial charge is 0.383 e. The Balaban J connectivity index is 1.98. The van der Waals surface area contributed by atoms with Crippen LogP contribution in [0.3, 0.4) is 0 Å². The van der Waals surface area contributed by atoms with Crippen LogP contribution in [-0.4, -0.2) is 51.5 Å². The van der Waals surface area contributed by atoms with Gasteiger partial charge in [-0.05, 0) is 17.5 Å². The molecule has 21 heavy (non-hydrogen) atoms. The molecule has 112 valence electrons. The standard InChI is InChI=1S/C16H21N3O2/c1-20-10-7-17-14-4-2-3-13-5-6-18-16(15(13)14)19-8-11-21-12-9-19/h2-6,17H,7-12H2,1H3. The second-order valence-corrected chi connectivity index (χ2v) is 5.06. The Morgan fingerprint density at radius 2 is 2.14 bits per heavy atom. The molecule has 0 saturated carbocycles. The van der Waals surface area contributed by atoms with Crippen molar-refractivity contribution in [2.45, 2.75) is 0 Å². The number of hydrogen-bond donors (Lipinski definition) is 1. The summed E-state index contributed by atoms with van der Waals surface area (Å²) in [6.45, 7) is 4.77. The van der Waals surface area contributed by atoms with Gasteiger partial charge in [0.05, 0.1) is 19.8 Å². The van der Waals surface area contributed by atoms with Crippen LogP contribution in [0.25, 0.3) is 10.8 Å². The maximum absolute atomic E-state index is 5.44. The second kappa shape index (κ2) is 6.74. The first-order chi connectivity index (χ1) is 10.4. The van der Waals surface area contributed by atoms with Gasteiger partial charge >= 0.3 is 0 Å². The highest BCUT2D eigenvalue weighted by Gasteiger charge is 2.16. The minimum absolute atomic E-state index is 0.684. The van der Waals surface area contributed by atoms with Crippen LogP contribution in [0.4, 0.5) is 11.5 Å². The summed E-state index contributed by atoms with van der Waals surface area (Å²) in [5.74, 6) is 1.04. The van der Waals surface area contributed by atoms with E-state index < -0.39 is 0 Å². The van der Waals surface area contributed by atoms with E-state index in [2.05, 4.69) is 39.5 Å². The van der Waals surface area contributed by atoms with Gasteiger partial charge < -0.3 is 19.7 Å². The Hall–Kier alpha value is -1.85. The molecule has 0 radical (unpaired) electrons. The third kappa shape index (κ3) is 3.09. The van der Waals surface area contributed by atoms with Crippen LogP contribution in [0.1, 0.15) is 0 Å². The molecule has 1 aromatic carbocycles. The Kier molecular flexibility index (Phi) is 4.52. The average Bonchev–Trinajstić information content (AvgIpc) is 2.55. The van der Waals surface area contributed by atoms with E-state index in [1.807, 2.05) is 6.20 Å². The van der Waals surface area contributed by atoms with Crippen molar-refractivity contribution < 1.29 is 9.47 Å². The predicted molar refractivity (Wildman–Crippen MR) is 85.1 cm³/mol. The van der Waals surface area contributed by atoms with Crippen molar-refractivity contribution in [2.75, 3.05) is 56.8 Å². The number of pyridine rings is 1. The van der Waals surface area contributed by atoms with Gasteiger partial charge in [0.2, 0.25) is 0 Å². The fourth-order valence-corrected chi connectivity index (χ4v) is 2.66. The molecule has 1 aromatic heterocycles. The SMILES string of the molecule is COCCNc1cccc2ccnc(N3CCOCC3)c12. The second-order valence-electron chi connectivity index (χ2n) is 5.06. The van der Waals surface area contributed by atoms with E-state index >= 15 is 0 Å². The number of aromatic nitrogens is 1. The molecular formula is C16H21N3O2. The lowest BCUT2D eigenvalue weighted by molar-refractivity contribution is 0.122. The predicted octanol–water partition coefficient (Wildman–Crippen LogP) is 2.13. The molecule has 0 spiro atoms. The van der Waals surface area contributed by atoms with Crippen LogP contribution in [0.5, 0.6) is 0 Å². The van der Waals surface area contributed by atoms with E-state index in [0.29, 0.717) is 6.61 Å². The molecule has 5 nitrogen and oxygen atoms in total. The zero-order valence-corrected chi connectivity index (χ0v) is 12.3. The first-order valence-electron chi connectivity index (χ1n) is 7.33. The lowest BCUT2D eigenvalue weighted by atomic mass is 10.1. The number of nitrogens with zero attached hydrogens (tertiary/aromatic N) is 2. The van der Waals surface area contributed by atoms with Crippen LogP contribution in [0, 0.1) is 0 Å². The zero-order valence-electron chi connectivity index (χ0n) is 12.3. The van der Waals surface area contributed by atoms with Crippen molar-refractivity contribution in [3.8, 4) is 0 Å². The summed E-state index contributed by atoms with van der Waals surface area (Å²) in [5, 5.41) is 5.83. The first kappa shape index (κ1) is 14.1. The van der Waals surface area contributed by atoms with Gasteiger partial charge in [0.25, 0.3) is 0 Å². The minimum atomic E-state index is 0.684. The maximum atomic E-state index is 5.44. The monoisotopic (exact) mass is 287 g/mol. The summed E-state index contributed by atoms with van der Waals surface area (Å²) < 4.78 is 10.6. The first-order valence-corrected chi connectivity index (χ1v) is 7.33. The van der Waals surface area contributed by atoms with Crippen molar-refractivity contribution in [2.24, 2.45) is 0 Å². The number of nitrogens with one attached hydrogen (secondary N) is 1. The van der Waals surface area contributed by atoms with Gasteiger partial charge in [-0.2, -0.15) is 0 Å². The van der Waals surface area contributed by atoms with E-state index in [-0.39, 0.29) is 0 Å². The van der Waals surface area contributed by atoms with Gasteiger partial charge in [-0.3, -0.25) is 0 Å². The highest BCUT2D eigenvalue weighted by atomic mass is 16.5. The Bertz CT molecular complexity index is 592. The van der Waals surface area contributed by atoms with Crippen LogP contribution in [0.2, 0.25) is 0 Å². The van der Waals surface area contributed by atoms with Crippen LogP contribution < -0.4 is 10.2 Å². The molecule has 0 amide bonds. The van der Waals surface area contributed by atoms with Crippen molar-refractivity contribution in [3.05, 3.63) is 30.5 Å².